The number of hydrogen-bond acceptors (Lipinski definition) is 5. The standard InChI is InChI=1S/C12H10N4OS/c1-2-10-15-16-11(17)7-9(14-12(16)18-10)8-3-5-13-6-4-8/h3-7H,2H2,1H3. The van der Waals surface area contributed by atoms with Gasteiger partial charge in [0.25, 0.3) is 5.56 Å². The monoisotopic (exact) mass is 258 g/mol. The zero-order valence-corrected chi connectivity index (χ0v) is 10.5. The average Bonchev–Trinajstić information content (AvgIpc) is 2.83. The second-order valence-corrected chi connectivity index (χ2v) is 4.80. The Balaban J connectivity index is 2.24. The van der Waals surface area contributed by atoms with Crippen molar-refractivity contribution in [1.82, 2.24) is 19.6 Å². The number of fused-ring (bicyclic) bond motifs is 1. The van der Waals surface area contributed by atoms with Gasteiger partial charge < -0.3 is 0 Å². The van der Waals surface area contributed by atoms with E-state index in [0.717, 1.165) is 17.0 Å². The molecule has 5 nitrogen and oxygen atoms in total. The first-order chi connectivity index (χ1) is 8.78. The van der Waals surface area contributed by atoms with E-state index < -0.39 is 0 Å². The largest absolute Gasteiger partial charge is 0.275 e. The Morgan fingerprint density at radius 1 is 1.33 bits per heavy atom. The summed E-state index contributed by atoms with van der Waals surface area (Å²) >= 11 is 1.45. The highest BCUT2D eigenvalue weighted by atomic mass is 32.1. The lowest BCUT2D eigenvalue weighted by Crippen LogP contribution is -2.14. The number of nitrogens with zero attached hydrogens (tertiary/aromatic N) is 4. The van der Waals surface area contributed by atoms with Crippen LogP contribution in [0.3, 0.4) is 0 Å². The Morgan fingerprint density at radius 2 is 2.11 bits per heavy atom. The van der Waals surface area contributed by atoms with Crippen molar-refractivity contribution in [2.75, 3.05) is 0 Å². The summed E-state index contributed by atoms with van der Waals surface area (Å²) in [5.41, 5.74) is 1.40. The lowest BCUT2D eigenvalue weighted by Gasteiger charge is -1.98. The van der Waals surface area contributed by atoms with E-state index in [1.54, 1.807) is 12.4 Å². The zero-order chi connectivity index (χ0) is 12.5. The van der Waals surface area contributed by atoms with Gasteiger partial charge >= 0.3 is 0 Å². The van der Waals surface area contributed by atoms with Crippen molar-refractivity contribution >= 4 is 16.3 Å². The molecule has 90 valence electrons. The molecule has 3 heterocycles. The molecular formula is C12H10N4OS. The number of pyridine rings is 1. The van der Waals surface area contributed by atoms with E-state index in [0.29, 0.717) is 10.7 Å². The highest BCUT2D eigenvalue weighted by molar-refractivity contribution is 7.16. The van der Waals surface area contributed by atoms with Crippen LogP contribution in [0.25, 0.3) is 16.2 Å². The molecule has 0 aromatic carbocycles. The van der Waals surface area contributed by atoms with Gasteiger partial charge in [0.15, 0.2) is 0 Å². The molecule has 0 bridgehead atoms. The third-order valence-corrected chi connectivity index (χ3v) is 3.62. The van der Waals surface area contributed by atoms with E-state index in [2.05, 4.69) is 15.1 Å². The van der Waals surface area contributed by atoms with Crippen molar-refractivity contribution in [2.24, 2.45) is 0 Å². The van der Waals surface area contributed by atoms with Gasteiger partial charge in [-0.2, -0.15) is 9.61 Å². The molecule has 0 fully saturated rings. The van der Waals surface area contributed by atoms with Crippen LogP contribution in [-0.2, 0) is 6.42 Å². The fourth-order valence-electron chi connectivity index (χ4n) is 1.66. The summed E-state index contributed by atoms with van der Waals surface area (Å²) in [5.74, 6) is 0. The molecule has 18 heavy (non-hydrogen) atoms. The molecule has 6 heteroatoms. The molecule has 0 atom stereocenters. The van der Waals surface area contributed by atoms with Gasteiger partial charge in [0, 0.05) is 24.0 Å². The van der Waals surface area contributed by atoms with Crippen molar-refractivity contribution in [3.63, 3.8) is 0 Å². The van der Waals surface area contributed by atoms with Gasteiger partial charge in [0.2, 0.25) is 4.96 Å². The SMILES string of the molecule is CCc1nn2c(=O)cc(-c3ccncc3)nc2s1. The van der Waals surface area contributed by atoms with Crippen molar-refractivity contribution in [2.45, 2.75) is 13.3 Å². The maximum Gasteiger partial charge on any atom is 0.275 e. The van der Waals surface area contributed by atoms with Crippen molar-refractivity contribution < 1.29 is 0 Å². The lowest BCUT2D eigenvalue weighted by atomic mass is 10.2. The van der Waals surface area contributed by atoms with E-state index >= 15 is 0 Å². The summed E-state index contributed by atoms with van der Waals surface area (Å²) in [7, 11) is 0. The summed E-state index contributed by atoms with van der Waals surface area (Å²) in [5, 5.41) is 5.12. The Hall–Kier alpha value is -2.08. The Bertz CT molecular complexity index is 748. The normalized spacial score (nSPS) is 10.9. The molecule has 0 radical (unpaired) electrons. The summed E-state index contributed by atoms with van der Waals surface area (Å²) in [6.45, 7) is 2.01. The van der Waals surface area contributed by atoms with Crippen LogP contribution in [0.5, 0.6) is 0 Å². The molecule has 3 rings (SSSR count). The van der Waals surface area contributed by atoms with Crippen LogP contribution in [0.2, 0.25) is 0 Å². The van der Waals surface area contributed by atoms with Gasteiger partial charge in [-0.15, -0.1) is 0 Å². The minimum Gasteiger partial charge on any atom is -0.267 e. The minimum absolute atomic E-state index is 0.150. The molecule has 3 aromatic rings. The molecule has 0 spiro atoms. The molecule has 0 amide bonds. The second kappa shape index (κ2) is 4.30. The first kappa shape index (κ1) is 11.0. The summed E-state index contributed by atoms with van der Waals surface area (Å²) < 4.78 is 1.36. The molecular weight excluding hydrogens is 248 g/mol. The maximum atomic E-state index is 12.0. The summed E-state index contributed by atoms with van der Waals surface area (Å²) in [4.78, 5) is 21.0. The molecule has 0 saturated heterocycles. The van der Waals surface area contributed by atoms with Crippen LogP contribution in [0.15, 0.2) is 35.4 Å². The van der Waals surface area contributed by atoms with Gasteiger partial charge in [-0.25, -0.2) is 4.98 Å². The van der Waals surface area contributed by atoms with Gasteiger partial charge in [0.1, 0.15) is 5.01 Å². The topological polar surface area (TPSA) is 60.2 Å². The molecule has 0 aliphatic rings. The highest BCUT2D eigenvalue weighted by Gasteiger charge is 2.08. The molecule has 0 saturated carbocycles. The van der Waals surface area contributed by atoms with Crippen LogP contribution in [0, 0.1) is 0 Å². The number of rotatable bonds is 2. The van der Waals surface area contributed by atoms with E-state index in [1.165, 1.54) is 21.9 Å². The number of aromatic nitrogens is 4. The lowest BCUT2D eigenvalue weighted by molar-refractivity contribution is 0.860. The third-order valence-electron chi connectivity index (χ3n) is 2.57. The smallest absolute Gasteiger partial charge is 0.267 e. The maximum absolute atomic E-state index is 12.0. The number of aryl methyl sites for hydroxylation is 1. The summed E-state index contributed by atoms with van der Waals surface area (Å²) in [6.07, 6.45) is 4.17. The first-order valence-electron chi connectivity index (χ1n) is 5.58. The second-order valence-electron chi connectivity index (χ2n) is 3.76. The Morgan fingerprint density at radius 3 is 2.83 bits per heavy atom. The highest BCUT2D eigenvalue weighted by Crippen LogP contribution is 2.17. The molecule has 0 aliphatic heterocycles. The summed E-state index contributed by atoms with van der Waals surface area (Å²) in [6, 6.07) is 5.17. The molecule has 0 aliphatic carbocycles. The van der Waals surface area contributed by atoms with Crippen molar-refractivity contribution in [1.29, 1.82) is 0 Å². The Labute approximate surface area is 107 Å². The van der Waals surface area contributed by atoms with Gasteiger partial charge in [-0.05, 0) is 18.6 Å². The van der Waals surface area contributed by atoms with E-state index in [4.69, 9.17) is 0 Å². The van der Waals surface area contributed by atoms with Crippen LogP contribution in [-0.4, -0.2) is 19.6 Å². The van der Waals surface area contributed by atoms with Crippen LogP contribution >= 0.6 is 11.3 Å². The van der Waals surface area contributed by atoms with Crippen LogP contribution in [0.4, 0.5) is 0 Å². The molecule has 0 N–H and O–H groups in total. The average molecular weight is 258 g/mol. The molecule has 0 unspecified atom stereocenters. The Kier molecular flexibility index (Phi) is 2.64. The zero-order valence-electron chi connectivity index (χ0n) is 9.70. The van der Waals surface area contributed by atoms with Gasteiger partial charge in [0.05, 0.1) is 5.69 Å². The van der Waals surface area contributed by atoms with Crippen LogP contribution in [0.1, 0.15) is 11.9 Å². The van der Waals surface area contributed by atoms with E-state index in [9.17, 15) is 4.79 Å². The fourth-order valence-corrected chi connectivity index (χ4v) is 2.50. The predicted molar refractivity (Wildman–Crippen MR) is 69.7 cm³/mol. The first-order valence-corrected chi connectivity index (χ1v) is 6.40. The quantitative estimate of drug-likeness (QED) is 0.703. The van der Waals surface area contributed by atoms with Crippen LogP contribution < -0.4 is 5.56 Å². The van der Waals surface area contributed by atoms with Crippen molar-refractivity contribution in [3.8, 4) is 11.3 Å². The van der Waals surface area contributed by atoms with E-state index in [-0.39, 0.29) is 5.56 Å². The predicted octanol–water partition coefficient (Wildman–Crippen LogP) is 1.78. The van der Waals surface area contributed by atoms with Gasteiger partial charge in [-0.1, -0.05) is 18.3 Å². The minimum atomic E-state index is -0.150. The molecule has 3 aromatic heterocycles. The third kappa shape index (κ3) is 1.80. The fraction of sp³-hybridized carbons (Fsp3) is 0.167. The number of hydrogen-bond donors (Lipinski definition) is 0. The van der Waals surface area contributed by atoms with Gasteiger partial charge in [-0.3, -0.25) is 9.78 Å². The van der Waals surface area contributed by atoms with E-state index in [1.807, 2.05) is 19.1 Å². The van der Waals surface area contributed by atoms with Crippen molar-refractivity contribution in [3.05, 3.63) is 46.0 Å².